The molecule has 0 amide bonds. The average molecular weight is 981 g/mol. The number of nitrogens with zero attached hydrogens (tertiary/aromatic N) is 8. The van der Waals surface area contributed by atoms with Crippen LogP contribution in [0, 0.1) is 0 Å². The van der Waals surface area contributed by atoms with E-state index in [0.29, 0.717) is 39.0 Å². The van der Waals surface area contributed by atoms with Gasteiger partial charge in [0.05, 0.1) is 83.8 Å². The fourth-order valence-electron chi connectivity index (χ4n) is 5.27. The number of azo groups is 4. The van der Waals surface area contributed by atoms with Crippen LogP contribution in [0.15, 0.2) is 194 Å². The van der Waals surface area contributed by atoms with Crippen molar-refractivity contribution in [3.8, 4) is 0 Å². The maximum Gasteiger partial charge on any atom is 1.00 e. The topological polar surface area (TPSA) is 271 Å². The molecule has 0 fully saturated rings. The molecule has 6 aromatic carbocycles. The summed E-state index contributed by atoms with van der Waals surface area (Å²) < 4.78 is 94.2. The number of hydrogen-bond acceptors (Lipinski definition) is 21. The Morgan fingerprint density at radius 3 is 1.03 bits per heavy atom. The van der Waals surface area contributed by atoms with Gasteiger partial charge in [-0.1, -0.05) is 24.3 Å². The smallest absolute Gasteiger partial charge is 0.691 e. The largest absolute Gasteiger partial charge is 1.00 e. The third-order valence-corrected chi connectivity index (χ3v) is 13.1. The molecule has 0 spiro atoms. The van der Waals surface area contributed by atoms with Gasteiger partial charge in [0, 0.05) is 4.90 Å². The Balaban J connectivity index is 0.00000817. The van der Waals surface area contributed by atoms with Crippen LogP contribution in [0.5, 0.6) is 0 Å². The van der Waals surface area contributed by atoms with E-state index in [1.807, 2.05) is 0 Å². The van der Waals surface area contributed by atoms with Crippen molar-refractivity contribution < 1.29 is 82.0 Å². The van der Waals surface area contributed by atoms with Crippen LogP contribution in [-0.4, -0.2) is 46.6 Å². The van der Waals surface area contributed by atoms with Crippen LogP contribution < -0.4 is 34.8 Å². The first-order valence-corrected chi connectivity index (χ1v) is 23.3. The molecule has 0 N–H and O–H groups in total. The Bertz CT molecular complexity index is 3120. The molecule has 0 heterocycles. The van der Waals surface area contributed by atoms with Crippen molar-refractivity contribution in [2.24, 2.45) is 40.9 Å². The molecule has 0 saturated heterocycles. The summed E-state index contributed by atoms with van der Waals surface area (Å²) in [7, 11) is -9.35. The zero-order valence-corrected chi connectivity index (χ0v) is 40.2. The van der Waals surface area contributed by atoms with E-state index in [9.17, 15) is 30.5 Å². The van der Waals surface area contributed by atoms with Gasteiger partial charge in [0.15, 0.2) is 0 Å². The number of benzene rings is 6. The van der Waals surface area contributed by atoms with Gasteiger partial charge in [-0.2, -0.15) is 70.5 Å². The first-order chi connectivity index (χ1) is 31.2. The number of rotatable bonds is 19. The first kappa shape index (κ1) is 51.4. The molecule has 0 aliphatic rings. The number of hydrogen-bond donors (Lipinski definition) is 0. The Labute approximate surface area is 405 Å². The summed E-state index contributed by atoms with van der Waals surface area (Å²) in [5, 5.41) is 46.6. The fraction of sp³-hybridized carbons (Fsp3) is 0.0732. The van der Waals surface area contributed by atoms with Crippen molar-refractivity contribution >= 4 is 100 Å². The van der Waals surface area contributed by atoms with Gasteiger partial charge in [0.2, 0.25) is 0 Å². The van der Waals surface area contributed by atoms with Crippen LogP contribution in [0.2, 0.25) is 0 Å². The van der Waals surface area contributed by atoms with Gasteiger partial charge >= 0.3 is 29.6 Å². The van der Waals surface area contributed by atoms with Crippen LogP contribution in [0.4, 0.5) is 45.5 Å². The Morgan fingerprint density at radius 2 is 0.712 bits per heavy atom. The molecule has 0 atom stereocenters. The maximum absolute atomic E-state index is 13.0. The average Bonchev–Trinajstić information content (AvgIpc) is 3.33. The molecule has 6 aromatic rings. The van der Waals surface area contributed by atoms with E-state index in [-0.39, 0.29) is 66.7 Å². The van der Waals surface area contributed by atoms with Crippen molar-refractivity contribution in [2.75, 3.05) is 21.3 Å². The second kappa shape index (κ2) is 23.7. The summed E-state index contributed by atoms with van der Waals surface area (Å²) in [6.07, 6.45) is 2.80. The van der Waals surface area contributed by atoms with Gasteiger partial charge in [-0.15, -0.1) is 0 Å². The third-order valence-electron chi connectivity index (χ3n) is 8.58. The van der Waals surface area contributed by atoms with Gasteiger partial charge in [-0.3, -0.25) is 17.6 Å². The second-order valence-corrected chi connectivity index (χ2v) is 18.5. The summed E-state index contributed by atoms with van der Waals surface area (Å²) in [4.78, 5) is 0.0835. The summed E-state index contributed by atoms with van der Waals surface area (Å²) in [5.74, 6) is 0. The van der Waals surface area contributed by atoms with Gasteiger partial charge in [0.25, 0.3) is 30.4 Å². The van der Waals surface area contributed by atoms with Crippen molar-refractivity contribution in [1.29, 1.82) is 0 Å². The minimum atomic E-state index is -4.30. The van der Waals surface area contributed by atoms with E-state index in [0.717, 1.165) is 33.4 Å². The predicted octanol–water partition coefficient (Wildman–Crippen LogP) is 7.76. The summed E-state index contributed by atoms with van der Waals surface area (Å²) in [5.41, 5.74) is 3.44. The second-order valence-electron chi connectivity index (χ2n) is 12.7. The van der Waals surface area contributed by atoms with Crippen LogP contribution in [0.3, 0.4) is 0 Å². The molecule has 66 heavy (non-hydrogen) atoms. The molecule has 0 bridgehead atoms. The molecule has 0 unspecified atom stereocenters. The van der Waals surface area contributed by atoms with Crippen molar-refractivity contribution in [3.63, 3.8) is 0 Å². The normalized spacial score (nSPS) is 12.5. The summed E-state index contributed by atoms with van der Waals surface area (Å²) in [6, 6.07) is 33.9. The van der Waals surface area contributed by atoms with E-state index in [1.54, 1.807) is 72.8 Å². The Morgan fingerprint density at radius 1 is 0.424 bits per heavy atom. The standard InChI is InChI=1S/C41H34N8O12S4.Na/c1-57-63(51,52)39-24-20-35(21-25-39)45-43-31-12-16-33(17-13-31)47-49-37-9-7-29(41(27-37)65(55,56)59-3)5-4-28-6-8-36(26-40(28)64(53,54)58-2)48-46-32-14-10-30(11-15-32)42-44-34-18-22-38(23-19-34)62-61-60-50;/h4-27,50H,1-3H3;/q;+1/p-1. The van der Waals surface area contributed by atoms with Gasteiger partial charge in [-0.25, -0.2) is 0 Å². The van der Waals surface area contributed by atoms with Gasteiger partial charge in [-0.05, 0) is 132 Å². The van der Waals surface area contributed by atoms with Crippen LogP contribution in [0.25, 0.3) is 12.2 Å². The Hall–Kier alpha value is -5.58. The molecule has 0 aliphatic heterocycles. The summed E-state index contributed by atoms with van der Waals surface area (Å²) >= 11 is 0.753. The zero-order chi connectivity index (χ0) is 46.5. The SMILES string of the molecule is COS(=O)(=O)c1ccc(N=Nc2ccc(N=Nc3ccc(C=Cc4ccc(N=Nc5ccc(N=Nc6ccc(SOO[O-])cc6)cc5)cc4S(=O)(=O)OC)c(S(=O)(=O)OC)c3)cc2)cc1.[Na+]. The molecular formula is C41H33N8NaO12S4. The molecule has 0 aliphatic carbocycles. The van der Waals surface area contributed by atoms with E-state index in [4.69, 9.17) is 8.37 Å². The molecule has 20 nitrogen and oxygen atoms in total. The van der Waals surface area contributed by atoms with Crippen molar-refractivity contribution in [1.82, 2.24) is 0 Å². The van der Waals surface area contributed by atoms with Crippen LogP contribution >= 0.6 is 12.0 Å². The molecular weight excluding hydrogens is 948 g/mol. The molecule has 6 rings (SSSR count). The molecule has 25 heteroatoms. The van der Waals surface area contributed by atoms with Crippen molar-refractivity contribution in [2.45, 2.75) is 19.6 Å². The third kappa shape index (κ3) is 14.2. The summed E-state index contributed by atoms with van der Waals surface area (Å²) in [6.45, 7) is 0. The molecule has 334 valence electrons. The minimum absolute atomic E-state index is 0. The van der Waals surface area contributed by atoms with E-state index in [1.165, 1.54) is 72.8 Å². The van der Waals surface area contributed by atoms with E-state index < -0.39 is 30.4 Å². The molecule has 0 aromatic heterocycles. The van der Waals surface area contributed by atoms with E-state index in [2.05, 4.69) is 54.5 Å². The van der Waals surface area contributed by atoms with Crippen molar-refractivity contribution in [3.05, 3.63) is 145 Å². The van der Waals surface area contributed by atoms with Crippen LogP contribution in [0.1, 0.15) is 11.1 Å². The maximum atomic E-state index is 13.0. The van der Waals surface area contributed by atoms with Gasteiger partial charge in [0.1, 0.15) is 9.79 Å². The fourth-order valence-corrected chi connectivity index (χ4v) is 8.02. The monoisotopic (exact) mass is 980 g/mol. The zero-order valence-electron chi connectivity index (χ0n) is 35.0. The van der Waals surface area contributed by atoms with Crippen LogP contribution in [-0.2, 0) is 52.3 Å². The quantitative estimate of drug-likeness (QED) is 0.0143. The molecule has 0 saturated carbocycles. The molecule has 0 radical (unpaired) electrons. The minimum Gasteiger partial charge on any atom is -0.691 e. The van der Waals surface area contributed by atoms with E-state index >= 15 is 0 Å². The first-order valence-electron chi connectivity index (χ1n) is 18.3. The predicted molar refractivity (Wildman–Crippen MR) is 235 cm³/mol. The van der Waals surface area contributed by atoms with Gasteiger partial charge < -0.3 is 5.26 Å². The Kier molecular flexibility index (Phi) is 18.5.